The predicted octanol–water partition coefficient (Wildman–Crippen LogP) is 4.34. The molecule has 74 valence electrons. The Bertz CT molecular complexity index is 234. The Morgan fingerprint density at radius 1 is 0.357 bits per heavy atom. The first-order valence-corrected chi connectivity index (χ1v) is 5.27. The monoisotopic (exact) mass is 186 g/mol. The molecule has 1 aliphatic carbocycles. The minimum atomic E-state index is 1.04. The molecule has 0 nitrogen and oxygen atoms in total. The molecular weight excluding hydrogens is 168 g/mol. The molecule has 0 fully saturated rings. The molecule has 0 bridgehead atoms. The lowest BCUT2D eigenvalue weighted by atomic mass is 10.2. The molecule has 0 aromatic heterocycles. The van der Waals surface area contributed by atoms with E-state index in [1.165, 1.54) is 0 Å². The van der Waals surface area contributed by atoms with Crippen LogP contribution in [0.25, 0.3) is 0 Å². The molecule has 0 aliphatic heterocycles. The van der Waals surface area contributed by atoms with Gasteiger partial charge in [0.25, 0.3) is 0 Å². The summed E-state index contributed by atoms with van der Waals surface area (Å²) >= 11 is 0. The van der Waals surface area contributed by atoms with Gasteiger partial charge in [-0.2, -0.15) is 0 Å². The van der Waals surface area contributed by atoms with Crippen LogP contribution in [0.4, 0.5) is 0 Å². The fourth-order valence-corrected chi connectivity index (χ4v) is 1.21. The van der Waals surface area contributed by atoms with Crippen molar-refractivity contribution >= 4 is 0 Å². The topological polar surface area (TPSA) is 0 Å². The molecule has 0 spiro atoms. The summed E-state index contributed by atoms with van der Waals surface area (Å²) in [5.74, 6) is 0. The zero-order chi connectivity index (χ0) is 9.90. The van der Waals surface area contributed by atoms with Crippen LogP contribution in [-0.4, -0.2) is 0 Å². The van der Waals surface area contributed by atoms with Crippen LogP contribution in [-0.2, 0) is 0 Å². The van der Waals surface area contributed by atoms with Gasteiger partial charge in [0.05, 0.1) is 0 Å². The van der Waals surface area contributed by atoms with Crippen molar-refractivity contribution in [3.05, 3.63) is 60.8 Å². The third-order valence-corrected chi connectivity index (χ3v) is 1.97. The average Bonchev–Trinajstić information content (AvgIpc) is 2.22. The summed E-state index contributed by atoms with van der Waals surface area (Å²) < 4.78 is 0. The normalized spacial score (nSPS) is 29.7. The summed E-state index contributed by atoms with van der Waals surface area (Å²) in [5.41, 5.74) is 0. The molecule has 0 saturated heterocycles. The lowest BCUT2D eigenvalue weighted by molar-refractivity contribution is 1.26. The average molecular weight is 186 g/mol. The summed E-state index contributed by atoms with van der Waals surface area (Å²) in [5, 5.41) is 0. The van der Waals surface area contributed by atoms with E-state index in [9.17, 15) is 0 Å². The maximum Gasteiger partial charge on any atom is -0.0166 e. The summed E-state index contributed by atoms with van der Waals surface area (Å²) in [7, 11) is 0. The van der Waals surface area contributed by atoms with E-state index >= 15 is 0 Å². The highest BCUT2D eigenvalue weighted by molar-refractivity contribution is 5.08. The molecule has 0 atom stereocenters. The second kappa shape index (κ2) is 8.31. The smallest absolute Gasteiger partial charge is 0.0166 e. The Morgan fingerprint density at radius 2 is 0.643 bits per heavy atom. The standard InChI is InChI=1S/C14H18/c1-2-4-6-8-10-12-14-13-11-9-7-5-3-1/h1-4,7-10,13-14H,5-6,11-12H2/b3-1-,4-2+,9-7-,10-8+,14-13+. The van der Waals surface area contributed by atoms with Crippen molar-refractivity contribution in [1.82, 2.24) is 0 Å². The zero-order valence-electron chi connectivity index (χ0n) is 8.60. The fraction of sp³-hybridized carbons (Fsp3) is 0.286. The lowest BCUT2D eigenvalue weighted by Gasteiger charge is -1.86. The second-order valence-electron chi connectivity index (χ2n) is 3.21. The van der Waals surface area contributed by atoms with E-state index in [1.54, 1.807) is 0 Å². The highest BCUT2D eigenvalue weighted by Gasteiger charge is 1.75. The largest absolute Gasteiger partial charge is 0.0844 e. The van der Waals surface area contributed by atoms with Gasteiger partial charge in [0.1, 0.15) is 0 Å². The van der Waals surface area contributed by atoms with Crippen LogP contribution in [0.2, 0.25) is 0 Å². The van der Waals surface area contributed by atoms with E-state index in [1.807, 2.05) is 0 Å². The molecule has 0 saturated carbocycles. The number of rotatable bonds is 0. The minimum Gasteiger partial charge on any atom is -0.0844 e. The van der Waals surface area contributed by atoms with Crippen molar-refractivity contribution in [2.45, 2.75) is 25.7 Å². The van der Waals surface area contributed by atoms with Crippen LogP contribution in [0, 0.1) is 0 Å². The molecule has 0 radical (unpaired) electrons. The quantitative estimate of drug-likeness (QED) is 0.494. The Labute approximate surface area is 87.0 Å². The maximum atomic E-state index is 2.21. The lowest BCUT2D eigenvalue weighted by Crippen LogP contribution is -1.65. The minimum absolute atomic E-state index is 1.04. The Morgan fingerprint density at radius 3 is 1.00 bits per heavy atom. The Kier molecular flexibility index (Phi) is 6.39. The molecule has 0 heteroatoms. The molecule has 0 aromatic carbocycles. The number of hydrogen-bond donors (Lipinski definition) is 0. The van der Waals surface area contributed by atoms with Gasteiger partial charge in [0.2, 0.25) is 0 Å². The van der Waals surface area contributed by atoms with Gasteiger partial charge in [0.15, 0.2) is 0 Å². The first-order valence-electron chi connectivity index (χ1n) is 5.27. The zero-order valence-corrected chi connectivity index (χ0v) is 8.60. The second-order valence-corrected chi connectivity index (χ2v) is 3.21. The summed E-state index contributed by atoms with van der Waals surface area (Å²) in [6, 6.07) is 0. The van der Waals surface area contributed by atoms with Crippen LogP contribution in [0.15, 0.2) is 60.8 Å². The van der Waals surface area contributed by atoms with Gasteiger partial charge in [-0.3, -0.25) is 0 Å². The van der Waals surface area contributed by atoms with E-state index in [-0.39, 0.29) is 0 Å². The van der Waals surface area contributed by atoms with E-state index in [0.29, 0.717) is 0 Å². The van der Waals surface area contributed by atoms with Crippen molar-refractivity contribution in [3.8, 4) is 0 Å². The molecular formula is C14H18. The van der Waals surface area contributed by atoms with Crippen molar-refractivity contribution in [1.29, 1.82) is 0 Å². The van der Waals surface area contributed by atoms with Gasteiger partial charge >= 0.3 is 0 Å². The van der Waals surface area contributed by atoms with Crippen LogP contribution >= 0.6 is 0 Å². The van der Waals surface area contributed by atoms with Crippen molar-refractivity contribution in [3.63, 3.8) is 0 Å². The highest BCUT2D eigenvalue weighted by atomic mass is 13.8. The van der Waals surface area contributed by atoms with E-state index in [0.717, 1.165) is 25.7 Å². The molecule has 0 unspecified atom stereocenters. The summed E-state index contributed by atoms with van der Waals surface area (Å²) in [6.45, 7) is 0. The Hall–Kier alpha value is -1.30. The van der Waals surface area contributed by atoms with Crippen LogP contribution in [0.3, 0.4) is 0 Å². The van der Waals surface area contributed by atoms with Crippen molar-refractivity contribution in [2.24, 2.45) is 0 Å². The van der Waals surface area contributed by atoms with E-state index in [4.69, 9.17) is 0 Å². The van der Waals surface area contributed by atoms with Gasteiger partial charge < -0.3 is 0 Å². The molecule has 0 aromatic rings. The SMILES string of the molecule is C1=C\C/C=C\C/C=C/C/C=C/C/C=C/1. The van der Waals surface area contributed by atoms with Crippen LogP contribution in [0.5, 0.6) is 0 Å². The molecule has 0 amide bonds. The summed E-state index contributed by atoms with van der Waals surface area (Å²) in [6.07, 6.45) is 26.0. The number of hydrogen-bond acceptors (Lipinski definition) is 0. The van der Waals surface area contributed by atoms with Gasteiger partial charge in [-0.05, 0) is 25.7 Å². The van der Waals surface area contributed by atoms with Crippen LogP contribution in [0.1, 0.15) is 25.7 Å². The van der Waals surface area contributed by atoms with Gasteiger partial charge in [0, 0.05) is 0 Å². The van der Waals surface area contributed by atoms with Gasteiger partial charge in [-0.1, -0.05) is 60.8 Å². The molecule has 1 aliphatic rings. The third kappa shape index (κ3) is 6.24. The first-order chi connectivity index (χ1) is 7.00. The van der Waals surface area contributed by atoms with Gasteiger partial charge in [-0.15, -0.1) is 0 Å². The number of allylic oxidation sites excluding steroid dienone is 10. The highest BCUT2D eigenvalue weighted by Crippen LogP contribution is 1.96. The predicted molar refractivity (Wildman–Crippen MR) is 64.2 cm³/mol. The third-order valence-electron chi connectivity index (χ3n) is 1.97. The van der Waals surface area contributed by atoms with E-state index < -0.39 is 0 Å². The Balaban J connectivity index is 2.45. The fourth-order valence-electron chi connectivity index (χ4n) is 1.21. The molecule has 0 heterocycles. The van der Waals surface area contributed by atoms with Crippen molar-refractivity contribution < 1.29 is 0 Å². The molecule has 14 heavy (non-hydrogen) atoms. The summed E-state index contributed by atoms with van der Waals surface area (Å²) in [4.78, 5) is 0. The van der Waals surface area contributed by atoms with Crippen LogP contribution < -0.4 is 0 Å². The van der Waals surface area contributed by atoms with Crippen molar-refractivity contribution in [2.75, 3.05) is 0 Å². The maximum absolute atomic E-state index is 2.21. The molecule has 0 N–H and O–H groups in total. The first kappa shape index (κ1) is 10.8. The molecule has 1 rings (SSSR count). The van der Waals surface area contributed by atoms with E-state index in [2.05, 4.69) is 60.8 Å². The van der Waals surface area contributed by atoms with Gasteiger partial charge in [-0.25, -0.2) is 0 Å².